The average molecular weight is 433 g/mol. The summed E-state index contributed by atoms with van der Waals surface area (Å²) >= 11 is 0. The van der Waals surface area contributed by atoms with Crippen LogP contribution in [-0.2, 0) is 28.6 Å². The monoisotopic (exact) mass is 432 g/mol. The summed E-state index contributed by atoms with van der Waals surface area (Å²) in [4.78, 5) is 38.7. The number of esters is 3. The van der Waals surface area contributed by atoms with Gasteiger partial charge in [-0.2, -0.15) is 0 Å². The first-order chi connectivity index (χ1) is 14.5. The maximum absolute atomic E-state index is 13.1. The fourth-order valence-corrected chi connectivity index (χ4v) is 5.65. The molecule has 0 bridgehead atoms. The molecule has 2 saturated carbocycles. The zero-order valence-corrected chi connectivity index (χ0v) is 19.7. The minimum Gasteiger partial charge on any atom is -0.462 e. The highest BCUT2D eigenvalue weighted by molar-refractivity contribution is 5.90. The number of fused-ring (bicyclic) bond motifs is 1. The number of ether oxygens (including phenoxy) is 3. The summed E-state index contributed by atoms with van der Waals surface area (Å²) in [5, 5.41) is 0. The van der Waals surface area contributed by atoms with Gasteiger partial charge in [0.15, 0.2) is 0 Å². The fraction of sp³-hybridized carbons (Fsp3) is 0.720. The molecule has 1 saturated heterocycles. The van der Waals surface area contributed by atoms with Gasteiger partial charge in [0.05, 0.1) is 5.92 Å². The van der Waals surface area contributed by atoms with Crippen molar-refractivity contribution in [3.8, 4) is 0 Å². The number of cyclic esters (lactones) is 1. The van der Waals surface area contributed by atoms with Crippen molar-refractivity contribution < 1.29 is 28.6 Å². The van der Waals surface area contributed by atoms with Crippen molar-refractivity contribution in [3.05, 3.63) is 23.8 Å². The van der Waals surface area contributed by atoms with Crippen molar-refractivity contribution in [3.63, 3.8) is 0 Å². The second-order valence-corrected chi connectivity index (χ2v) is 9.92. The van der Waals surface area contributed by atoms with Gasteiger partial charge in [-0.25, -0.2) is 4.79 Å². The van der Waals surface area contributed by atoms with Gasteiger partial charge in [0.25, 0.3) is 0 Å². The van der Waals surface area contributed by atoms with Crippen LogP contribution in [0.2, 0.25) is 0 Å². The molecule has 0 aromatic heterocycles. The van der Waals surface area contributed by atoms with E-state index in [1.54, 1.807) is 19.9 Å². The summed E-state index contributed by atoms with van der Waals surface area (Å²) in [6.07, 6.45) is 3.21. The van der Waals surface area contributed by atoms with E-state index in [9.17, 15) is 14.4 Å². The first-order valence-electron chi connectivity index (χ1n) is 11.4. The summed E-state index contributed by atoms with van der Waals surface area (Å²) in [7, 11) is 0. The van der Waals surface area contributed by atoms with Crippen LogP contribution in [0.15, 0.2) is 23.8 Å². The molecule has 0 aromatic rings. The Morgan fingerprint density at radius 1 is 1.32 bits per heavy atom. The molecule has 3 aliphatic rings. The zero-order valence-electron chi connectivity index (χ0n) is 19.7. The third kappa shape index (κ3) is 3.62. The quantitative estimate of drug-likeness (QED) is 0.278. The number of hydrogen-bond acceptors (Lipinski definition) is 6. The number of carbonyl (C=O) groups excluding carboxylic acids is 3. The average Bonchev–Trinajstić information content (AvgIpc) is 3.18. The molecule has 0 unspecified atom stereocenters. The van der Waals surface area contributed by atoms with Crippen molar-refractivity contribution in [2.75, 3.05) is 6.61 Å². The summed E-state index contributed by atoms with van der Waals surface area (Å²) in [5.41, 5.74) is -0.344. The van der Waals surface area contributed by atoms with E-state index < -0.39 is 23.6 Å². The minimum absolute atomic E-state index is 0.129. The summed E-state index contributed by atoms with van der Waals surface area (Å²) in [5.74, 6) is -1.34. The molecule has 6 heteroatoms. The summed E-state index contributed by atoms with van der Waals surface area (Å²) in [6, 6.07) is 0. The van der Waals surface area contributed by atoms with E-state index in [0.717, 1.165) is 6.42 Å². The Morgan fingerprint density at radius 2 is 2.00 bits per heavy atom. The predicted octanol–water partition coefficient (Wildman–Crippen LogP) is 4.38. The van der Waals surface area contributed by atoms with Crippen molar-refractivity contribution in [2.24, 2.45) is 28.6 Å². The smallest absolute Gasteiger partial charge is 0.333 e. The second-order valence-electron chi connectivity index (χ2n) is 9.92. The van der Waals surface area contributed by atoms with Crippen LogP contribution < -0.4 is 0 Å². The van der Waals surface area contributed by atoms with Gasteiger partial charge in [-0.05, 0) is 56.4 Å². The Hall–Kier alpha value is -2.11. The third-order valence-corrected chi connectivity index (χ3v) is 8.29. The van der Waals surface area contributed by atoms with Crippen LogP contribution in [0.25, 0.3) is 0 Å². The first kappa shape index (κ1) is 23.6. The molecular weight excluding hydrogens is 396 g/mol. The molecule has 0 radical (unpaired) electrons. The SMILES string of the molecule is C=C1COC(=O)[C@]12C[C@@]1(C)[C@H]([C@@H](OC(=O)[C@H](C)CC)CC[C@@H]1C)[C@H]2OC(=O)/C(C)=C\C. The number of hydrogen-bond donors (Lipinski definition) is 0. The zero-order chi connectivity index (χ0) is 23.1. The van der Waals surface area contributed by atoms with Crippen LogP contribution >= 0.6 is 0 Å². The van der Waals surface area contributed by atoms with Crippen LogP contribution in [0.3, 0.4) is 0 Å². The number of carbonyl (C=O) groups is 3. The normalized spacial score (nSPS) is 38.6. The molecule has 0 amide bonds. The van der Waals surface area contributed by atoms with E-state index in [-0.39, 0.29) is 41.7 Å². The van der Waals surface area contributed by atoms with Gasteiger partial charge in [0, 0.05) is 11.5 Å². The van der Waals surface area contributed by atoms with Crippen LogP contribution in [0, 0.1) is 28.6 Å². The Labute approximate surface area is 185 Å². The molecule has 3 fully saturated rings. The van der Waals surface area contributed by atoms with Gasteiger partial charge in [-0.15, -0.1) is 0 Å². The van der Waals surface area contributed by atoms with Crippen LogP contribution in [0.1, 0.15) is 67.2 Å². The standard InChI is InChI=1S/C25H36O6/c1-8-14(3)21(26)30-18-11-10-16(5)24(7)13-25(17(6)12-29-23(25)28)20(19(18)24)31-22(27)15(4)9-2/h9,14,16,18-20H,6,8,10-13H2,1-5,7H3/b15-9-/t14-,16+,18+,19-,20-,24-,25-/m1/s1. The molecule has 2 aliphatic carbocycles. The molecule has 1 aliphatic heterocycles. The van der Waals surface area contributed by atoms with Crippen molar-refractivity contribution in [1.29, 1.82) is 0 Å². The fourth-order valence-electron chi connectivity index (χ4n) is 5.65. The number of allylic oxidation sites excluding steroid dienone is 1. The van der Waals surface area contributed by atoms with E-state index in [1.165, 1.54) is 0 Å². The van der Waals surface area contributed by atoms with Crippen LogP contribution in [-0.4, -0.2) is 36.7 Å². The lowest BCUT2D eigenvalue weighted by molar-refractivity contribution is -0.176. The van der Waals surface area contributed by atoms with Crippen molar-refractivity contribution >= 4 is 17.9 Å². The molecule has 0 N–H and O–H groups in total. The van der Waals surface area contributed by atoms with E-state index in [4.69, 9.17) is 14.2 Å². The van der Waals surface area contributed by atoms with Crippen LogP contribution in [0.4, 0.5) is 0 Å². The Bertz CT molecular complexity index is 795. The number of rotatable bonds is 5. The highest BCUT2D eigenvalue weighted by atomic mass is 16.6. The second kappa shape index (κ2) is 8.44. The molecule has 31 heavy (non-hydrogen) atoms. The maximum atomic E-state index is 13.1. The topological polar surface area (TPSA) is 78.9 Å². The predicted molar refractivity (Wildman–Crippen MR) is 116 cm³/mol. The lowest BCUT2D eigenvalue weighted by Crippen LogP contribution is -2.50. The Kier molecular flexibility index (Phi) is 6.41. The molecule has 0 aromatic carbocycles. The van der Waals surface area contributed by atoms with E-state index in [2.05, 4.69) is 20.4 Å². The first-order valence-corrected chi connectivity index (χ1v) is 11.4. The summed E-state index contributed by atoms with van der Waals surface area (Å²) in [6.45, 7) is 15.8. The lowest BCUT2D eigenvalue weighted by Gasteiger charge is -2.47. The highest BCUT2D eigenvalue weighted by Gasteiger charge is 2.72. The largest absolute Gasteiger partial charge is 0.462 e. The summed E-state index contributed by atoms with van der Waals surface area (Å²) < 4.78 is 17.5. The van der Waals surface area contributed by atoms with Crippen molar-refractivity contribution in [1.82, 2.24) is 0 Å². The van der Waals surface area contributed by atoms with E-state index in [1.807, 2.05) is 13.8 Å². The van der Waals surface area contributed by atoms with Gasteiger partial charge < -0.3 is 14.2 Å². The van der Waals surface area contributed by atoms with Gasteiger partial charge in [0.1, 0.15) is 24.2 Å². The molecule has 6 nitrogen and oxygen atoms in total. The molecular formula is C25H36O6. The van der Waals surface area contributed by atoms with Crippen LogP contribution in [0.5, 0.6) is 0 Å². The third-order valence-electron chi connectivity index (χ3n) is 8.29. The minimum atomic E-state index is -1.09. The van der Waals surface area contributed by atoms with Gasteiger partial charge in [-0.3, -0.25) is 9.59 Å². The van der Waals surface area contributed by atoms with Crippen molar-refractivity contribution in [2.45, 2.75) is 79.4 Å². The molecule has 172 valence electrons. The Balaban J connectivity index is 2.08. The molecule has 1 heterocycles. The van der Waals surface area contributed by atoms with E-state index in [0.29, 0.717) is 30.4 Å². The van der Waals surface area contributed by atoms with Gasteiger partial charge >= 0.3 is 17.9 Å². The van der Waals surface area contributed by atoms with Gasteiger partial charge in [-0.1, -0.05) is 40.3 Å². The Morgan fingerprint density at radius 3 is 2.55 bits per heavy atom. The van der Waals surface area contributed by atoms with E-state index >= 15 is 0 Å². The maximum Gasteiger partial charge on any atom is 0.333 e. The highest BCUT2D eigenvalue weighted by Crippen LogP contribution is 2.66. The molecule has 1 spiro atoms. The molecule has 7 atom stereocenters. The molecule has 3 rings (SSSR count). The van der Waals surface area contributed by atoms with Gasteiger partial charge in [0.2, 0.25) is 0 Å². The lowest BCUT2D eigenvalue weighted by atomic mass is 9.61.